The minimum Gasteiger partial charge on any atom is -0.478 e. The van der Waals surface area contributed by atoms with E-state index in [4.69, 9.17) is 5.11 Å². The van der Waals surface area contributed by atoms with Crippen LogP contribution in [0.5, 0.6) is 0 Å². The van der Waals surface area contributed by atoms with Crippen LogP contribution in [-0.4, -0.2) is 11.1 Å². The Bertz CT molecular complexity index is 367. The lowest BCUT2D eigenvalue weighted by Gasteiger charge is -2.06. The van der Waals surface area contributed by atoms with Crippen molar-refractivity contribution in [2.24, 2.45) is 0 Å². The molecular weight excluding hydrogens is 164 g/mol. The van der Waals surface area contributed by atoms with Crippen LogP contribution < -0.4 is 0 Å². The van der Waals surface area contributed by atoms with Crippen molar-refractivity contribution >= 4 is 5.97 Å². The maximum Gasteiger partial charge on any atom is 0.336 e. The van der Waals surface area contributed by atoms with Crippen LogP contribution in [-0.2, 0) is 12.8 Å². The van der Waals surface area contributed by atoms with E-state index in [0.717, 1.165) is 30.4 Å². The van der Waals surface area contributed by atoms with E-state index in [0.29, 0.717) is 5.56 Å². The van der Waals surface area contributed by atoms with Crippen molar-refractivity contribution in [2.75, 3.05) is 0 Å². The molecule has 0 saturated heterocycles. The zero-order valence-electron chi connectivity index (χ0n) is 7.63. The number of aryl methyl sites for hydroxylation is 2. The number of aromatic carboxylic acids is 1. The van der Waals surface area contributed by atoms with E-state index < -0.39 is 5.97 Å². The van der Waals surface area contributed by atoms with Crippen molar-refractivity contribution in [3.8, 4) is 0 Å². The standard InChI is InChI=1S/C11H12O2/c1-7-5-6-8-3-2-4-9(8)10(7)11(12)13/h5-6H,2-4H2,1H3,(H,12,13). The van der Waals surface area contributed by atoms with E-state index in [1.54, 1.807) is 0 Å². The Morgan fingerprint density at radius 1 is 1.38 bits per heavy atom. The van der Waals surface area contributed by atoms with E-state index in [9.17, 15) is 4.79 Å². The molecule has 2 rings (SSSR count). The Kier molecular flexibility index (Phi) is 1.83. The van der Waals surface area contributed by atoms with Crippen LogP contribution in [0.3, 0.4) is 0 Å². The summed E-state index contributed by atoms with van der Waals surface area (Å²) in [5.41, 5.74) is 3.71. The third-order valence-corrected chi connectivity index (χ3v) is 2.71. The van der Waals surface area contributed by atoms with Gasteiger partial charge >= 0.3 is 5.97 Å². The number of carboxylic acid groups (broad SMARTS) is 1. The summed E-state index contributed by atoms with van der Waals surface area (Å²) in [6.45, 7) is 1.86. The van der Waals surface area contributed by atoms with Gasteiger partial charge in [-0.3, -0.25) is 0 Å². The van der Waals surface area contributed by atoms with Gasteiger partial charge in [-0.1, -0.05) is 12.1 Å². The minimum atomic E-state index is -0.781. The molecule has 2 heteroatoms. The maximum atomic E-state index is 11.0. The lowest BCUT2D eigenvalue weighted by atomic mass is 9.99. The molecule has 13 heavy (non-hydrogen) atoms. The van der Waals surface area contributed by atoms with Crippen LogP contribution >= 0.6 is 0 Å². The summed E-state index contributed by atoms with van der Waals surface area (Å²) < 4.78 is 0. The van der Waals surface area contributed by atoms with Crippen molar-refractivity contribution in [3.63, 3.8) is 0 Å². The topological polar surface area (TPSA) is 37.3 Å². The molecule has 1 N–H and O–H groups in total. The highest BCUT2D eigenvalue weighted by Gasteiger charge is 2.20. The third kappa shape index (κ3) is 1.22. The molecule has 0 fully saturated rings. The van der Waals surface area contributed by atoms with Crippen LogP contribution in [0.2, 0.25) is 0 Å². The predicted octanol–water partition coefficient (Wildman–Crippen LogP) is 2.18. The van der Waals surface area contributed by atoms with E-state index in [-0.39, 0.29) is 0 Å². The number of carboxylic acids is 1. The summed E-state index contributed by atoms with van der Waals surface area (Å²) in [5.74, 6) is -0.781. The monoisotopic (exact) mass is 176 g/mol. The fourth-order valence-corrected chi connectivity index (χ4v) is 2.08. The van der Waals surface area contributed by atoms with Crippen molar-refractivity contribution in [2.45, 2.75) is 26.2 Å². The maximum absolute atomic E-state index is 11.0. The molecule has 1 aromatic carbocycles. The molecule has 1 aliphatic carbocycles. The van der Waals surface area contributed by atoms with Crippen molar-refractivity contribution in [3.05, 3.63) is 34.4 Å². The van der Waals surface area contributed by atoms with Gasteiger partial charge in [0.1, 0.15) is 0 Å². The van der Waals surface area contributed by atoms with Gasteiger partial charge in [0.15, 0.2) is 0 Å². The number of rotatable bonds is 1. The largest absolute Gasteiger partial charge is 0.478 e. The minimum absolute atomic E-state index is 0.537. The van der Waals surface area contributed by atoms with Crippen molar-refractivity contribution < 1.29 is 9.90 Å². The van der Waals surface area contributed by atoms with Gasteiger partial charge in [-0.2, -0.15) is 0 Å². The Morgan fingerprint density at radius 2 is 2.15 bits per heavy atom. The SMILES string of the molecule is Cc1ccc2c(c1C(=O)O)CCC2. The molecule has 0 unspecified atom stereocenters. The molecule has 2 nitrogen and oxygen atoms in total. The quantitative estimate of drug-likeness (QED) is 0.712. The van der Waals surface area contributed by atoms with Crippen molar-refractivity contribution in [1.82, 2.24) is 0 Å². The molecule has 0 aromatic heterocycles. The summed E-state index contributed by atoms with van der Waals surface area (Å²) >= 11 is 0. The average molecular weight is 176 g/mol. The summed E-state index contributed by atoms with van der Waals surface area (Å²) in [7, 11) is 0. The smallest absolute Gasteiger partial charge is 0.336 e. The molecule has 0 heterocycles. The Balaban J connectivity index is 2.65. The Hall–Kier alpha value is -1.31. The second kappa shape index (κ2) is 2.87. The van der Waals surface area contributed by atoms with Gasteiger partial charge in [0.2, 0.25) is 0 Å². The van der Waals surface area contributed by atoms with Gasteiger partial charge in [0, 0.05) is 0 Å². The predicted molar refractivity (Wildman–Crippen MR) is 50.2 cm³/mol. The van der Waals surface area contributed by atoms with E-state index >= 15 is 0 Å². The van der Waals surface area contributed by atoms with Crippen LogP contribution in [0, 0.1) is 6.92 Å². The second-order valence-corrected chi connectivity index (χ2v) is 3.55. The van der Waals surface area contributed by atoms with Gasteiger partial charge in [0.25, 0.3) is 0 Å². The highest BCUT2D eigenvalue weighted by atomic mass is 16.4. The highest BCUT2D eigenvalue weighted by molar-refractivity contribution is 5.91. The van der Waals surface area contributed by atoms with Gasteiger partial charge in [-0.25, -0.2) is 4.79 Å². The number of benzene rings is 1. The van der Waals surface area contributed by atoms with Crippen molar-refractivity contribution in [1.29, 1.82) is 0 Å². The molecule has 0 atom stereocenters. The first-order valence-corrected chi connectivity index (χ1v) is 4.55. The number of hydrogen-bond donors (Lipinski definition) is 1. The van der Waals surface area contributed by atoms with E-state index in [1.807, 2.05) is 13.0 Å². The lowest BCUT2D eigenvalue weighted by Crippen LogP contribution is -2.04. The van der Waals surface area contributed by atoms with Gasteiger partial charge in [-0.15, -0.1) is 0 Å². The summed E-state index contributed by atoms with van der Waals surface area (Å²) in [6.07, 6.45) is 3.06. The highest BCUT2D eigenvalue weighted by Crippen LogP contribution is 2.27. The molecule has 1 aromatic rings. The molecule has 0 radical (unpaired) electrons. The summed E-state index contributed by atoms with van der Waals surface area (Å²) in [5, 5.41) is 9.03. The fourth-order valence-electron chi connectivity index (χ4n) is 2.08. The Morgan fingerprint density at radius 3 is 2.85 bits per heavy atom. The van der Waals surface area contributed by atoms with Crippen LogP contribution in [0.15, 0.2) is 12.1 Å². The van der Waals surface area contributed by atoms with Crippen LogP contribution in [0.4, 0.5) is 0 Å². The molecule has 0 bridgehead atoms. The summed E-state index contributed by atoms with van der Waals surface area (Å²) in [6, 6.07) is 3.97. The molecular formula is C11H12O2. The first-order valence-electron chi connectivity index (χ1n) is 4.55. The van der Waals surface area contributed by atoms with E-state index in [1.165, 1.54) is 5.56 Å². The molecule has 0 spiro atoms. The number of fused-ring (bicyclic) bond motifs is 1. The zero-order valence-corrected chi connectivity index (χ0v) is 7.63. The average Bonchev–Trinajstić information content (AvgIpc) is 2.50. The lowest BCUT2D eigenvalue weighted by molar-refractivity contribution is 0.0695. The first-order chi connectivity index (χ1) is 6.20. The van der Waals surface area contributed by atoms with Gasteiger partial charge in [-0.05, 0) is 42.9 Å². The Labute approximate surface area is 77.2 Å². The van der Waals surface area contributed by atoms with Gasteiger partial charge < -0.3 is 5.11 Å². The van der Waals surface area contributed by atoms with Crippen LogP contribution in [0.25, 0.3) is 0 Å². The first kappa shape index (κ1) is 8.30. The fraction of sp³-hybridized carbons (Fsp3) is 0.364. The molecule has 68 valence electrons. The van der Waals surface area contributed by atoms with Gasteiger partial charge in [0.05, 0.1) is 5.56 Å². The second-order valence-electron chi connectivity index (χ2n) is 3.55. The normalized spacial score (nSPS) is 14.2. The molecule has 1 aliphatic rings. The summed E-state index contributed by atoms with van der Waals surface area (Å²) in [4.78, 5) is 11.0. The molecule has 0 saturated carbocycles. The van der Waals surface area contributed by atoms with Crippen LogP contribution in [0.1, 0.15) is 33.5 Å². The molecule has 0 aliphatic heterocycles. The number of hydrogen-bond acceptors (Lipinski definition) is 1. The number of carbonyl (C=O) groups is 1. The third-order valence-electron chi connectivity index (χ3n) is 2.71. The van der Waals surface area contributed by atoms with E-state index in [2.05, 4.69) is 6.07 Å². The zero-order chi connectivity index (χ0) is 9.42. The molecule has 0 amide bonds.